The van der Waals surface area contributed by atoms with Crippen LogP contribution >= 0.6 is 0 Å². The van der Waals surface area contributed by atoms with Gasteiger partial charge in [-0.05, 0) is 25.1 Å². The number of nitrogens with zero attached hydrogens (tertiary/aromatic N) is 1. The van der Waals surface area contributed by atoms with Crippen LogP contribution in [0, 0.1) is 0 Å². The maximum absolute atomic E-state index is 11.9. The van der Waals surface area contributed by atoms with Gasteiger partial charge in [-0.3, -0.25) is 14.4 Å². The van der Waals surface area contributed by atoms with Crippen molar-refractivity contribution in [2.45, 2.75) is 38.3 Å². The lowest BCUT2D eigenvalue weighted by molar-refractivity contribution is -0.143. The number of carboxylic acid groups (broad SMARTS) is 1. The Labute approximate surface area is 151 Å². The number of unbranched alkanes of at least 4 members (excludes halogenated alkanes) is 1. The Bertz CT molecular complexity index is 643. The third kappa shape index (κ3) is 8.18. The van der Waals surface area contributed by atoms with Crippen molar-refractivity contribution in [2.75, 3.05) is 6.54 Å². The van der Waals surface area contributed by atoms with Crippen LogP contribution in [0.25, 0.3) is 0 Å². The van der Waals surface area contributed by atoms with Crippen molar-refractivity contribution in [1.29, 1.82) is 0 Å². The van der Waals surface area contributed by atoms with Crippen LogP contribution in [-0.4, -0.2) is 48.5 Å². The van der Waals surface area contributed by atoms with Crippen LogP contribution in [0.3, 0.4) is 0 Å². The maximum atomic E-state index is 11.9. The zero-order valence-corrected chi connectivity index (χ0v) is 14.4. The molecule has 1 unspecified atom stereocenters. The zero-order chi connectivity index (χ0) is 19.4. The highest BCUT2D eigenvalue weighted by Gasteiger charge is 2.22. The number of carbonyl (C=O) groups excluding carboxylic acids is 3. The van der Waals surface area contributed by atoms with Gasteiger partial charge >= 0.3 is 5.97 Å². The Kier molecular flexibility index (Phi) is 9.30. The van der Waals surface area contributed by atoms with Gasteiger partial charge in [-0.1, -0.05) is 24.3 Å². The normalized spacial score (nSPS) is 11.2. The molecule has 1 rings (SSSR count). The maximum Gasteiger partial charge on any atom is 0.326 e. The van der Waals surface area contributed by atoms with Gasteiger partial charge in [-0.15, -0.1) is 0 Å². The number of aldehydes is 1. The van der Waals surface area contributed by atoms with Crippen molar-refractivity contribution in [3.8, 4) is 0 Å². The number of carboxylic acids is 1. The molecule has 140 valence electrons. The van der Waals surface area contributed by atoms with Crippen LogP contribution in [-0.2, 0) is 20.9 Å². The molecule has 3 N–H and O–H groups in total. The van der Waals surface area contributed by atoms with Crippen LogP contribution in [0.15, 0.2) is 29.3 Å². The van der Waals surface area contributed by atoms with E-state index in [-0.39, 0.29) is 19.4 Å². The summed E-state index contributed by atoms with van der Waals surface area (Å²) < 4.78 is 0. The van der Waals surface area contributed by atoms with Gasteiger partial charge in [0.1, 0.15) is 12.3 Å². The van der Waals surface area contributed by atoms with E-state index in [1.807, 2.05) is 0 Å². The topological polar surface area (TPSA) is 125 Å². The minimum absolute atomic E-state index is 0.171. The van der Waals surface area contributed by atoms with E-state index in [2.05, 4.69) is 22.3 Å². The lowest BCUT2D eigenvalue weighted by Crippen LogP contribution is -2.44. The lowest BCUT2D eigenvalue weighted by Gasteiger charge is -2.14. The second-order valence-electron chi connectivity index (χ2n) is 5.70. The quantitative estimate of drug-likeness (QED) is 0.290. The largest absolute Gasteiger partial charge is 0.480 e. The van der Waals surface area contributed by atoms with E-state index in [1.54, 1.807) is 24.3 Å². The number of hydrogen-bond donors (Lipinski definition) is 3. The summed E-state index contributed by atoms with van der Waals surface area (Å²) in [5.41, 5.74) is 1.30. The van der Waals surface area contributed by atoms with Gasteiger partial charge in [-0.2, -0.15) is 0 Å². The van der Waals surface area contributed by atoms with Gasteiger partial charge < -0.3 is 20.7 Å². The number of benzene rings is 1. The molecule has 26 heavy (non-hydrogen) atoms. The first-order chi connectivity index (χ1) is 12.5. The van der Waals surface area contributed by atoms with E-state index in [0.29, 0.717) is 24.9 Å². The first kappa shape index (κ1) is 21.0. The Morgan fingerprint density at radius 2 is 1.85 bits per heavy atom. The van der Waals surface area contributed by atoms with E-state index in [4.69, 9.17) is 0 Å². The third-order valence-electron chi connectivity index (χ3n) is 3.60. The molecule has 0 aliphatic carbocycles. The third-order valence-corrected chi connectivity index (χ3v) is 3.60. The molecule has 1 aromatic carbocycles. The average Bonchev–Trinajstić information content (AvgIpc) is 2.63. The number of aliphatic carboxylic acids is 1. The van der Waals surface area contributed by atoms with Crippen LogP contribution in [0.4, 0.5) is 0 Å². The SMILES string of the molecule is C=NCCCCC(=O)NC(CC(=O)NCc1ccc(C=O)cc1)C(=O)O. The summed E-state index contributed by atoms with van der Waals surface area (Å²) in [6.45, 7) is 4.09. The molecule has 1 atom stereocenters. The molecule has 0 spiro atoms. The molecule has 0 heterocycles. The lowest BCUT2D eigenvalue weighted by atomic mass is 10.1. The predicted molar refractivity (Wildman–Crippen MR) is 96.1 cm³/mol. The van der Waals surface area contributed by atoms with Crippen molar-refractivity contribution in [3.05, 3.63) is 35.4 Å². The summed E-state index contributed by atoms with van der Waals surface area (Å²) >= 11 is 0. The Morgan fingerprint density at radius 3 is 2.42 bits per heavy atom. The van der Waals surface area contributed by atoms with Gasteiger partial charge in [0.05, 0.1) is 6.42 Å². The molecule has 0 aliphatic heterocycles. The fourth-order valence-electron chi connectivity index (χ4n) is 2.15. The second-order valence-corrected chi connectivity index (χ2v) is 5.70. The number of hydrogen-bond acceptors (Lipinski definition) is 5. The number of carbonyl (C=O) groups is 4. The molecule has 8 nitrogen and oxygen atoms in total. The number of rotatable bonds is 12. The number of nitrogens with one attached hydrogen (secondary N) is 2. The highest BCUT2D eigenvalue weighted by molar-refractivity contribution is 5.88. The summed E-state index contributed by atoms with van der Waals surface area (Å²) in [4.78, 5) is 49.2. The average molecular weight is 361 g/mol. The van der Waals surface area contributed by atoms with Gasteiger partial charge in [0, 0.05) is 25.1 Å². The van der Waals surface area contributed by atoms with E-state index in [9.17, 15) is 24.3 Å². The molecular weight excluding hydrogens is 338 g/mol. The summed E-state index contributed by atoms with van der Waals surface area (Å²) in [5.74, 6) is -2.18. The van der Waals surface area contributed by atoms with Crippen molar-refractivity contribution in [1.82, 2.24) is 10.6 Å². The summed E-state index contributed by atoms with van der Waals surface area (Å²) in [6.07, 6.45) is 1.79. The smallest absolute Gasteiger partial charge is 0.326 e. The van der Waals surface area contributed by atoms with E-state index < -0.39 is 23.8 Å². The first-order valence-electron chi connectivity index (χ1n) is 8.21. The minimum Gasteiger partial charge on any atom is -0.480 e. The fraction of sp³-hybridized carbons (Fsp3) is 0.389. The van der Waals surface area contributed by atoms with Crippen LogP contribution in [0.1, 0.15) is 41.6 Å². The van der Waals surface area contributed by atoms with Gasteiger partial charge in [0.2, 0.25) is 11.8 Å². The van der Waals surface area contributed by atoms with Gasteiger partial charge in [0.25, 0.3) is 0 Å². The summed E-state index contributed by atoms with van der Waals surface area (Å²) in [7, 11) is 0. The molecule has 2 amide bonds. The van der Waals surface area contributed by atoms with Gasteiger partial charge in [0.15, 0.2) is 0 Å². The number of aliphatic imine (C=N–C) groups is 1. The van der Waals surface area contributed by atoms with Crippen molar-refractivity contribution >= 4 is 30.8 Å². The van der Waals surface area contributed by atoms with Crippen molar-refractivity contribution in [2.24, 2.45) is 4.99 Å². The van der Waals surface area contributed by atoms with Crippen LogP contribution < -0.4 is 10.6 Å². The Hall–Kier alpha value is -3.03. The monoisotopic (exact) mass is 361 g/mol. The van der Waals surface area contributed by atoms with Crippen molar-refractivity contribution in [3.63, 3.8) is 0 Å². The highest BCUT2D eigenvalue weighted by atomic mass is 16.4. The molecule has 0 bridgehead atoms. The molecule has 0 aromatic heterocycles. The van der Waals surface area contributed by atoms with E-state index in [0.717, 1.165) is 11.8 Å². The van der Waals surface area contributed by atoms with E-state index >= 15 is 0 Å². The first-order valence-corrected chi connectivity index (χ1v) is 8.21. The zero-order valence-electron chi connectivity index (χ0n) is 14.4. The minimum atomic E-state index is -1.28. The molecular formula is C18H23N3O5. The predicted octanol–water partition coefficient (Wildman–Crippen LogP) is 0.946. The molecule has 0 aliphatic rings. The standard InChI is InChI=1S/C18H23N3O5/c1-19-9-3-2-4-16(23)21-15(18(25)26)10-17(24)20-11-13-5-7-14(12-22)8-6-13/h5-8,12,15H,1-4,9-11H2,(H,20,24)(H,21,23)(H,25,26). The van der Waals surface area contributed by atoms with E-state index in [1.165, 1.54) is 0 Å². The highest BCUT2D eigenvalue weighted by Crippen LogP contribution is 2.03. The van der Waals surface area contributed by atoms with Gasteiger partial charge in [-0.25, -0.2) is 4.79 Å². The molecule has 0 saturated carbocycles. The number of amides is 2. The Balaban J connectivity index is 2.43. The Morgan fingerprint density at radius 1 is 1.15 bits per heavy atom. The summed E-state index contributed by atoms with van der Waals surface area (Å²) in [5, 5.41) is 14.1. The molecule has 0 fully saturated rings. The fourth-order valence-corrected chi connectivity index (χ4v) is 2.15. The van der Waals surface area contributed by atoms with Crippen LogP contribution in [0.2, 0.25) is 0 Å². The second kappa shape index (κ2) is 11.5. The summed E-state index contributed by atoms with van der Waals surface area (Å²) in [6, 6.07) is 5.35. The van der Waals surface area contributed by atoms with Crippen LogP contribution in [0.5, 0.6) is 0 Å². The molecule has 1 aromatic rings. The molecule has 0 radical (unpaired) electrons. The molecule has 0 saturated heterocycles. The van der Waals surface area contributed by atoms with Crippen molar-refractivity contribution < 1.29 is 24.3 Å². The molecule has 8 heteroatoms.